The number of esters is 1. The van der Waals surface area contributed by atoms with Gasteiger partial charge in [-0.1, -0.05) is 6.07 Å². The summed E-state index contributed by atoms with van der Waals surface area (Å²) in [6.07, 6.45) is -0.459. The first-order valence-electron chi connectivity index (χ1n) is 12.6. The van der Waals surface area contributed by atoms with Gasteiger partial charge in [-0.3, -0.25) is 19.2 Å². The minimum absolute atomic E-state index is 0.0753. The number of carbonyl (C=O) groups is 4. The molecule has 2 aromatic rings. The van der Waals surface area contributed by atoms with Crippen LogP contribution in [-0.2, 0) is 19.1 Å². The van der Waals surface area contributed by atoms with E-state index in [1.54, 1.807) is 24.3 Å². The number of carbonyl (C=O) groups excluding carboxylic acids is 4. The number of ether oxygens (including phenoxy) is 2. The zero-order valence-electron chi connectivity index (χ0n) is 21.1. The number of amides is 3. The lowest BCUT2D eigenvalue weighted by Crippen LogP contribution is -2.50. The average Bonchev–Trinajstić information content (AvgIpc) is 3.22. The van der Waals surface area contributed by atoms with Gasteiger partial charge in [0.1, 0.15) is 23.5 Å². The van der Waals surface area contributed by atoms with Gasteiger partial charge in [0.05, 0.1) is 19.6 Å². The first kappa shape index (κ1) is 25.9. The van der Waals surface area contributed by atoms with Crippen LogP contribution in [0.3, 0.4) is 0 Å². The Balaban J connectivity index is 1.39. The van der Waals surface area contributed by atoms with Crippen molar-refractivity contribution in [1.82, 2.24) is 20.5 Å². The quantitative estimate of drug-likeness (QED) is 0.370. The fourth-order valence-electron chi connectivity index (χ4n) is 5.73. The maximum Gasteiger partial charge on any atom is 0.318 e. The molecule has 2 aliphatic heterocycles. The molecule has 5 rings (SSSR count). The Morgan fingerprint density at radius 2 is 2.03 bits per heavy atom. The summed E-state index contributed by atoms with van der Waals surface area (Å²) in [7, 11) is 2.64. The number of rotatable bonds is 7. The van der Waals surface area contributed by atoms with Crippen LogP contribution in [0.1, 0.15) is 42.6 Å². The Morgan fingerprint density at radius 1 is 1.26 bits per heavy atom. The summed E-state index contributed by atoms with van der Waals surface area (Å²) in [5.74, 6) is -6.70. The van der Waals surface area contributed by atoms with Crippen molar-refractivity contribution in [3.8, 4) is 5.75 Å². The highest BCUT2D eigenvalue weighted by atomic mass is 19.3. The van der Waals surface area contributed by atoms with Crippen molar-refractivity contribution >= 4 is 34.6 Å². The van der Waals surface area contributed by atoms with E-state index in [1.807, 2.05) is 0 Å². The van der Waals surface area contributed by atoms with Gasteiger partial charge in [-0.25, -0.2) is 8.78 Å². The molecule has 1 aliphatic carbocycles. The molecule has 0 radical (unpaired) electrons. The lowest BCUT2D eigenvalue weighted by atomic mass is 9.87. The predicted molar refractivity (Wildman–Crippen MR) is 130 cm³/mol. The number of alkyl halides is 2. The van der Waals surface area contributed by atoms with E-state index < -0.39 is 47.1 Å². The minimum Gasteiger partial charge on any atom is -0.496 e. The number of aromatic nitrogens is 1. The van der Waals surface area contributed by atoms with Crippen molar-refractivity contribution in [3.05, 3.63) is 30.0 Å². The molecule has 12 heteroatoms. The number of nitrogens with zero attached hydrogens (tertiary/aromatic N) is 1. The highest BCUT2D eigenvalue weighted by molar-refractivity contribution is 6.01. The molecule has 0 bridgehead atoms. The highest BCUT2D eigenvalue weighted by Crippen LogP contribution is 2.66. The summed E-state index contributed by atoms with van der Waals surface area (Å²) in [5, 5.41) is 6.03. The largest absolute Gasteiger partial charge is 0.496 e. The van der Waals surface area contributed by atoms with Crippen LogP contribution in [0.15, 0.2) is 24.3 Å². The van der Waals surface area contributed by atoms with Crippen LogP contribution in [0, 0.1) is 17.3 Å². The van der Waals surface area contributed by atoms with E-state index in [4.69, 9.17) is 9.47 Å². The van der Waals surface area contributed by atoms with Crippen LogP contribution in [0.5, 0.6) is 5.75 Å². The molecule has 38 heavy (non-hydrogen) atoms. The second-order valence-electron chi connectivity index (χ2n) is 10.4. The smallest absolute Gasteiger partial charge is 0.318 e. The maximum atomic E-state index is 14.4. The second-order valence-corrected chi connectivity index (χ2v) is 10.4. The third-order valence-electron chi connectivity index (χ3n) is 8.01. The Labute approximate surface area is 217 Å². The molecule has 1 saturated carbocycles. The second kappa shape index (κ2) is 9.55. The lowest BCUT2D eigenvalue weighted by molar-refractivity contribution is -0.151. The molecule has 10 nitrogen and oxygen atoms in total. The first-order chi connectivity index (χ1) is 18.1. The van der Waals surface area contributed by atoms with Crippen LogP contribution >= 0.6 is 0 Å². The van der Waals surface area contributed by atoms with Crippen LogP contribution in [0.25, 0.3) is 10.9 Å². The van der Waals surface area contributed by atoms with Gasteiger partial charge in [0.15, 0.2) is 0 Å². The van der Waals surface area contributed by atoms with Crippen molar-refractivity contribution in [1.29, 1.82) is 0 Å². The number of benzene rings is 1. The first-order valence-corrected chi connectivity index (χ1v) is 12.6. The summed E-state index contributed by atoms with van der Waals surface area (Å²) < 4.78 is 39.0. The van der Waals surface area contributed by atoms with E-state index in [1.165, 1.54) is 12.0 Å². The van der Waals surface area contributed by atoms with E-state index in [-0.39, 0.29) is 37.4 Å². The van der Waals surface area contributed by atoms with Crippen molar-refractivity contribution in [3.63, 3.8) is 0 Å². The number of halogens is 2. The SMILES string of the molecule is COC(=O)[C@@H](C[C@@H]1CCCNC1=O)C(=O)N[C@@H]1C[C@@]2(CN1C(=O)c1cc3c(OC)cccc3[nH]1)CC2(F)F. The number of fused-ring (bicyclic) bond motifs is 1. The summed E-state index contributed by atoms with van der Waals surface area (Å²) >= 11 is 0. The minimum atomic E-state index is -2.96. The number of likely N-dealkylation sites (tertiary alicyclic amines) is 1. The standard InChI is InChI=1S/C26H30F2N4O6/c1-37-19-7-3-6-17-15(19)10-18(30-17)23(35)32-13-25(12-26(25,27)28)11-20(32)31-22(34)16(24(36)38-2)9-14-5-4-8-29-21(14)33/h3,6-7,10,14,16,20,30H,4-5,8-9,11-13H2,1-2H3,(H,29,33)(H,31,34)/t14-,16-,20-,25-/m0/s1. The third kappa shape index (κ3) is 4.45. The Bertz CT molecular complexity index is 1300. The molecule has 3 fully saturated rings. The van der Waals surface area contributed by atoms with E-state index >= 15 is 0 Å². The van der Waals surface area contributed by atoms with E-state index in [0.717, 1.165) is 7.11 Å². The van der Waals surface area contributed by atoms with Gasteiger partial charge in [-0.2, -0.15) is 0 Å². The summed E-state index contributed by atoms with van der Waals surface area (Å²) in [4.78, 5) is 55.9. The molecule has 1 aromatic heterocycles. The van der Waals surface area contributed by atoms with Gasteiger partial charge in [0.25, 0.3) is 11.8 Å². The monoisotopic (exact) mass is 532 g/mol. The normalized spacial score (nSPS) is 26.6. The molecule has 1 aromatic carbocycles. The maximum absolute atomic E-state index is 14.4. The zero-order valence-corrected chi connectivity index (χ0v) is 21.1. The number of methoxy groups -OCH3 is 2. The van der Waals surface area contributed by atoms with E-state index in [2.05, 4.69) is 15.6 Å². The number of aromatic amines is 1. The third-order valence-corrected chi connectivity index (χ3v) is 8.01. The average molecular weight is 533 g/mol. The molecular weight excluding hydrogens is 502 g/mol. The van der Waals surface area contributed by atoms with Crippen LogP contribution in [0.2, 0.25) is 0 Å². The topological polar surface area (TPSA) is 130 Å². The molecule has 3 N–H and O–H groups in total. The van der Waals surface area contributed by atoms with Crippen molar-refractivity contribution < 1.29 is 37.4 Å². The predicted octanol–water partition coefficient (Wildman–Crippen LogP) is 2.20. The molecule has 4 atom stereocenters. The van der Waals surface area contributed by atoms with Crippen LogP contribution in [0.4, 0.5) is 8.78 Å². The molecule has 3 heterocycles. The molecule has 2 saturated heterocycles. The van der Waals surface area contributed by atoms with Gasteiger partial charge in [-0.05, 0) is 43.9 Å². The van der Waals surface area contributed by atoms with E-state index in [9.17, 15) is 28.0 Å². The lowest BCUT2D eigenvalue weighted by Gasteiger charge is -2.28. The molecule has 0 unspecified atom stereocenters. The highest BCUT2D eigenvalue weighted by Gasteiger charge is 2.75. The Morgan fingerprint density at radius 3 is 2.68 bits per heavy atom. The number of nitrogens with one attached hydrogen (secondary N) is 3. The van der Waals surface area contributed by atoms with Crippen molar-refractivity contribution in [2.24, 2.45) is 17.3 Å². The number of piperidine rings is 1. The molecule has 1 spiro atoms. The number of hydrogen-bond donors (Lipinski definition) is 3. The number of hydrogen-bond acceptors (Lipinski definition) is 6. The van der Waals surface area contributed by atoms with Gasteiger partial charge < -0.3 is 30.0 Å². The molecular formula is C26H30F2N4O6. The van der Waals surface area contributed by atoms with Gasteiger partial charge in [0, 0.05) is 36.3 Å². The van der Waals surface area contributed by atoms with E-state index in [0.29, 0.717) is 36.0 Å². The summed E-state index contributed by atoms with van der Waals surface area (Å²) in [5.41, 5.74) is -0.641. The van der Waals surface area contributed by atoms with Crippen LogP contribution < -0.4 is 15.4 Å². The van der Waals surface area contributed by atoms with Crippen LogP contribution in [-0.4, -0.2) is 73.0 Å². The van der Waals surface area contributed by atoms with Gasteiger partial charge in [-0.15, -0.1) is 0 Å². The zero-order chi connectivity index (χ0) is 27.2. The Hall–Kier alpha value is -3.70. The van der Waals surface area contributed by atoms with Crippen molar-refractivity contribution in [2.45, 2.75) is 44.2 Å². The fourth-order valence-corrected chi connectivity index (χ4v) is 5.73. The van der Waals surface area contributed by atoms with Gasteiger partial charge >= 0.3 is 5.97 Å². The fraction of sp³-hybridized carbons (Fsp3) is 0.538. The van der Waals surface area contributed by atoms with Gasteiger partial charge in [0.2, 0.25) is 11.8 Å². The molecule has 3 aliphatic rings. The number of H-pyrrole nitrogens is 1. The Kier molecular flexibility index (Phi) is 6.52. The van der Waals surface area contributed by atoms with Crippen molar-refractivity contribution in [2.75, 3.05) is 27.3 Å². The summed E-state index contributed by atoms with van der Waals surface area (Å²) in [6.45, 7) is 0.281. The molecule has 3 amide bonds. The molecule has 204 valence electrons. The summed E-state index contributed by atoms with van der Waals surface area (Å²) in [6, 6.07) is 6.84.